The summed E-state index contributed by atoms with van der Waals surface area (Å²) in [6, 6.07) is 7.94. The van der Waals surface area contributed by atoms with Crippen molar-refractivity contribution in [2.45, 2.75) is 13.8 Å². The van der Waals surface area contributed by atoms with Crippen LogP contribution in [0.5, 0.6) is 5.75 Å². The molecule has 27 heavy (non-hydrogen) atoms. The molecule has 0 aliphatic heterocycles. The predicted molar refractivity (Wildman–Crippen MR) is 95.0 cm³/mol. The van der Waals surface area contributed by atoms with Gasteiger partial charge in [0, 0.05) is 31.4 Å². The Balaban J connectivity index is 1.91. The molecule has 2 heterocycles. The van der Waals surface area contributed by atoms with Crippen LogP contribution < -0.4 is 9.64 Å². The van der Waals surface area contributed by atoms with Gasteiger partial charge in [0.2, 0.25) is 5.91 Å². The Morgan fingerprint density at radius 3 is 2.70 bits per heavy atom. The number of carbonyl (C=O) groups is 3. The Morgan fingerprint density at radius 1 is 1.26 bits per heavy atom. The molecule has 1 N–H and O–H groups in total. The van der Waals surface area contributed by atoms with Crippen LogP contribution in [0.3, 0.4) is 0 Å². The Kier molecular flexibility index (Phi) is 4.84. The van der Waals surface area contributed by atoms with Gasteiger partial charge in [-0.1, -0.05) is 6.07 Å². The van der Waals surface area contributed by atoms with Crippen LogP contribution in [-0.2, 0) is 4.79 Å². The highest BCUT2D eigenvalue weighted by Crippen LogP contribution is 2.22. The molecule has 0 aliphatic carbocycles. The molecular weight excluding hydrogens is 352 g/mol. The summed E-state index contributed by atoms with van der Waals surface area (Å²) in [5.74, 6) is -1.81. The van der Waals surface area contributed by atoms with Crippen LogP contribution in [0, 0.1) is 0 Å². The van der Waals surface area contributed by atoms with E-state index in [0.29, 0.717) is 12.2 Å². The first-order valence-corrected chi connectivity index (χ1v) is 8.08. The van der Waals surface area contributed by atoms with Gasteiger partial charge in [-0.25, -0.2) is 19.1 Å². The average molecular weight is 368 g/mol. The number of nitrogens with zero attached hydrogens (tertiary/aromatic N) is 4. The zero-order valence-corrected chi connectivity index (χ0v) is 14.6. The summed E-state index contributed by atoms with van der Waals surface area (Å²) < 4.78 is 6.50. The van der Waals surface area contributed by atoms with E-state index in [1.165, 1.54) is 24.1 Å². The topological polar surface area (TPSA) is 114 Å². The van der Waals surface area contributed by atoms with E-state index in [2.05, 4.69) is 10.1 Å². The Labute approximate surface area is 153 Å². The van der Waals surface area contributed by atoms with Crippen molar-refractivity contribution < 1.29 is 24.2 Å². The van der Waals surface area contributed by atoms with Crippen LogP contribution in [0.15, 0.2) is 42.7 Å². The fourth-order valence-electron chi connectivity index (χ4n) is 2.66. The average Bonchev–Trinajstić information content (AvgIpc) is 3.06. The van der Waals surface area contributed by atoms with Crippen molar-refractivity contribution in [3.05, 3.63) is 54.0 Å². The van der Waals surface area contributed by atoms with Crippen LogP contribution in [-0.4, -0.2) is 44.1 Å². The van der Waals surface area contributed by atoms with E-state index < -0.39 is 11.9 Å². The highest BCUT2D eigenvalue weighted by molar-refractivity contribution is 5.96. The largest absolute Gasteiger partial charge is 0.477 e. The monoisotopic (exact) mass is 368 g/mol. The number of hydrogen-bond acceptors (Lipinski definition) is 6. The van der Waals surface area contributed by atoms with Gasteiger partial charge in [-0.05, 0) is 25.1 Å². The molecule has 9 heteroatoms. The number of carboxylic acids is 1. The van der Waals surface area contributed by atoms with Gasteiger partial charge in [-0.15, -0.1) is 0 Å². The van der Waals surface area contributed by atoms with Crippen molar-refractivity contribution >= 4 is 29.2 Å². The molecule has 0 bridgehead atoms. The summed E-state index contributed by atoms with van der Waals surface area (Å²) >= 11 is 0. The number of aromatic carboxylic acids is 1. The van der Waals surface area contributed by atoms with E-state index in [9.17, 15) is 14.4 Å². The third kappa shape index (κ3) is 3.47. The van der Waals surface area contributed by atoms with Crippen molar-refractivity contribution in [3.8, 4) is 5.75 Å². The zero-order valence-electron chi connectivity index (χ0n) is 14.6. The smallest absolute Gasteiger partial charge is 0.362 e. The summed E-state index contributed by atoms with van der Waals surface area (Å²) in [6.07, 6.45) is 2.43. The molecule has 9 nitrogen and oxygen atoms in total. The van der Waals surface area contributed by atoms with Crippen LogP contribution in [0.4, 0.5) is 5.69 Å². The van der Waals surface area contributed by atoms with E-state index in [0.717, 1.165) is 10.7 Å². The standard InChI is InChI=1S/C18H16N4O5/c1-3-21(11(2)23)12-5-4-6-13(9-12)27-18(26)15-7-8-19-16-14(17(24)25)10-20-22(15)16/h4-10H,3H2,1-2H3,(H,24,25). The molecule has 2 aromatic heterocycles. The van der Waals surface area contributed by atoms with Crippen LogP contribution >= 0.6 is 0 Å². The second-order valence-corrected chi connectivity index (χ2v) is 5.58. The normalized spacial score (nSPS) is 10.6. The molecule has 0 saturated heterocycles. The molecule has 3 rings (SSSR count). The van der Waals surface area contributed by atoms with Crippen molar-refractivity contribution in [2.75, 3.05) is 11.4 Å². The number of esters is 1. The minimum Gasteiger partial charge on any atom is -0.477 e. The Morgan fingerprint density at radius 2 is 2.04 bits per heavy atom. The molecule has 1 amide bonds. The molecule has 0 atom stereocenters. The van der Waals surface area contributed by atoms with Crippen molar-refractivity contribution in [1.29, 1.82) is 0 Å². The van der Waals surface area contributed by atoms with E-state index in [1.807, 2.05) is 6.92 Å². The van der Waals surface area contributed by atoms with Gasteiger partial charge >= 0.3 is 11.9 Å². The third-order valence-electron chi connectivity index (χ3n) is 3.88. The molecule has 138 valence electrons. The highest BCUT2D eigenvalue weighted by Gasteiger charge is 2.19. The fraction of sp³-hybridized carbons (Fsp3) is 0.167. The lowest BCUT2D eigenvalue weighted by Crippen LogP contribution is -2.27. The first-order valence-electron chi connectivity index (χ1n) is 8.08. The number of benzene rings is 1. The van der Waals surface area contributed by atoms with Gasteiger partial charge in [0.05, 0.1) is 6.20 Å². The molecular formula is C18H16N4O5. The zero-order chi connectivity index (χ0) is 19.6. The summed E-state index contributed by atoms with van der Waals surface area (Å²) in [7, 11) is 0. The molecule has 1 aromatic carbocycles. The molecule has 0 unspecified atom stereocenters. The number of carbonyl (C=O) groups excluding carboxylic acids is 2. The van der Waals surface area contributed by atoms with Gasteiger partial charge < -0.3 is 14.7 Å². The number of rotatable bonds is 5. The van der Waals surface area contributed by atoms with Gasteiger partial charge in [0.1, 0.15) is 11.3 Å². The molecule has 0 fully saturated rings. The highest BCUT2D eigenvalue weighted by atomic mass is 16.5. The number of hydrogen-bond donors (Lipinski definition) is 1. The number of anilines is 1. The van der Waals surface area contributed by atoms with Gasteiger partial charge in [0.15, 0.2) is 11.3 Å². The van der Waals surface area contributed by atoms with Crippen LogP contribution in [0.1, 0.15) is 34.7 Å². The lowest BCUT2D eigenvalue weighted by atomic mass is 10.2. The lowest BCUT2D eigenvalue weighted by Gasteiger charge is -2.19. The molecule has 0 saturated carbocycles. The molecule has 3 aromatic rings. The Hall–Kier alpha value is -3.75. The van der Waals surface area contributed by atoms with Crippen molar-refractivity contribution in [2.24, 2.45) is 0 Å². The second-order valence-electron chi connectivity index (χ2n) is 5.58. The second kappa shape index (κ2) is 7.24. The maximum Gasteiger partial charge on any atom is 0.362 e. The molecule has 0 spiro atoms. The summed E-state index contributed by atoms with van der Waals surface area (Å²) in [6.45, 7) is 3.77. The van der Waals surface area contributed by atoms with E-state index >= 15 is 0 Å². The minimum atomic E-state index is -1.19. The quantitative estimate of drug-likeness (QED) is 0.541. The number of amides is 1. The first-order chi connectivity index (χ1) is 12.9. The summed E-state index contributed by atoms with van der Waals surface area (Å²) in [5.41, 5.74) is 0.547. The maximum absolute atomic E-state index is 12.6. The SMILES string of the molecule is CCN(C(C)=O)c1cccc(OC(=O)c2ccnc3c(C(=O)O)cnn23)c1. The number of aromatic nitrogens is 3. The number of ether oxygens (including phenoxy) is 1. The van der Waals surface area contributed by atoms with Gasteiger partial charge in [-0.3, -0.25) is 4.79 Å². The molecule has 0 radical (unpaired) electrons. The maximum atomic E-state index is 12.6. The number of fused-ring (bicyclic) bond motifs is 1. The van der Waals surface area contributed by atoms with Gasteiger partial charge in [0.25, 0.3) is 0 Å². The predicted octanol–water partition coefficient (Wildman–Crippen LogP) is 2.02. The minimum absolute atomic E-state index is 0.0248. The third-order valence-corrected chi connectivity index (χ3v) is 3.88. The van der Waals surface area contributed by atoms with Crippen LogP contribution in [0.2, 0.25) is 0 Å². The first kappa shape index (κ1) is 18.1. The Bertz CT molecular complexity index is 1040. The number of carboxylic acid groups (broad SMARTS) is 1. The summed E-state index contributed by atoms with van der Waals surface area (Å²) in [4.78, 5) is 40.9. The lowest BCUT2D eigenvalue weighted by molar-refractivity contribution is -0.116. The van der Waals surface area contributed by atoms with Gasteiger partial charge in [-0.2, -0.15) is 5.10 Å². The fourth-order valence-corrected chi connectivity index (χ4v) is 2.66. The molecule has 0 aliphatic rings. The van der Waals surface area contributed by atoms with E-state index in [1.54, 1.807) is 24.3 Å². The van der Waals surface area contributed by atoms with Crippen LogP contribution in [0.25, 0.3) is 5.65 Å². The van der Waals surface area contributed by atoms with E-state index in [-0.39, 0.29) is 28.6 Å². The van der Waals surface area contributed by atoms with E-state index in [4.69, 9.17) is 9.84 Å². The van der Waals surface area contributed by atoms with Crippen molar-refractivity contribution in [3.63, 3.8) is 0 Å². The van der Waals surface area contributed by atoms with Crippen molar-refractivity contribution in [1.82, 2.24) is 14.6 Å². The summed E-state index contributed by atoms with van der Waals surface area (Å²) in [5, 5.41) is 13.0.